The van der Waals surface area contributed by atoms with Crippen LogP contribution in [0.2, 0.25) is 5.02 Å². The van der Waals surface area contributed by atoms with Gasteiger partial charge in [-0.15, -0.1) is 0 Å². The van der Waals surface area contributed by atoms with Crippen molar-refractivity contribution in [2.24, 2.45) is 5.92 Å². The molecular formula is C12H12ClFO3. The number of carboxylic acid groups (broad SMARTS) is 1. The summed E-state index contributed by atoms with van der Waals surface area (Å²) < 4.78 is 18.4. The second-order valence-corrected chi connectivity index (χ2v) is 4.51. The second-order valence-electron chi connectivity index (χ2n) is 4.11. The van der Waals surface area contributed by atoms with Gasteiger partial charge in [-0.2, -0.15) is 0 Å². The van der Waals surface area contributed by atoms with E-state index in [2.05, 4.69) is 0 Å². The van der Waals surface area contributed by atoms with Crippen LogP contribution >= 0.6 is 11.6 Å². The lowest BCUT2D eigenvalue weighted by Crippen LogP contribution is -2.27. The van der Waals surface area contributed by atoms with E-state index in [4.69, 9.17) is 21.4 Å². The van der Waals surface area contributed by atoms with E-state index in [-0.39, 0.29) is 11.1 Å². The van der Waals surface area contributed by atoms with Crippen LogP contribution < -0.4 is 4.74 Å². The fourth-order valence-electron chi connectivity index (χ4n) is 2.08. The van der Waals surface area contributed by atoms with Crippen LogP contribution in [0.25, 0.3) is 0 Å². The molecule has 0 heterocycles. The molecule has 1 aromatic rings. The van der Waals surface area contributed by atoms with E-state index in [0.717, 1.165) is 12.5 Å². The number of carboxylic acids is 1. The summed E-state index contributed by atoms with van der Waals surface area (Å²) in [7, 11) is 0. The normalized spacial score (nSPS) is 23.6. The molecular weight excluding hydrogens is 247 g/mol. The Kier molecular flexibility index (Phi) is 3.52. The van der Waals surface area contributed by atoms with Crippen LogP contribution in [0, 0.1) is 11.7 Å². The molecule has 1 aromatic carbocycles. The number of hydrogen-bond acceptors (Lipinski definition) is 2. The Bertz CT molecular complexity index is 436. The molecule has 0 saturated heterocycles. The number of hydrogen-bond donors (Lipinski definition) is 1. The van der Waals surface area contributed by atoms with E-state index in [1.807, 2.05) is 0 Å². The highest BCUT2D eigenvalue weighted by molar-refractivity contribution is 6.32. The third-order valence-corrected chi connectivity index (χ3v) is 3.24. The van der Waals surface area contributed by atoms with E-state index in [1.54, 1.807) is 0 Å². The van der Waals surface area contributed by atoms with Crippen molar-refractivity contribution >= 4 is 17.6 Å². The van der Waals surface area contributed by atoms with Crippen molar-refractivity contribution in [3.05, 3.63) is 29.0 Å². The number of carbonyl (C=O) groups is 1. The third kappa shape index (κ3) is 2.69. The van der Waals surface area contributed by atoms with E-state index < -0.39 is 17.7 Å². The van der Waals surface area contributed by atoms with Crippen molar-refractivity contribution in [2.45, 2.75) is 25.4 Å². The van der Waals surface area contributed by atoms with Crippen LogP contribution in [0.1, 0.15) is 19.3 Å². The third-order valence-electron chi connectivity index (χ3n) is 2.94. The summed E-state index contributed by atoms with van der Waals surface area (Å²) in [5.41, 5.74) is 0. The van der Waals surface area contributed by atoms with Gasteiger partial charge in [0.1, 0.15) is 17.7 Å². The summed E-state index contributed by atoms with van der Waals surface area (Å²) in [6.45, 7) is 0. The lowest BCUT2D eigenvalue weighted by atomic mass is 10.1. The first-order valence-electron chi connectivity index (χ1n) is 5.42. The Labute approximate surface area is 103 Å². The molecule has 2 rings (SSSR count). The van der Waals surface area contributed by atoms with Gasteiger partial charge in [-0.3, -0.25) is 4.79 Å². The zero-order valence-electron chi connectivity index (χ0n) is 9.03. The number of aliphatic carboxylic acids is 1. The fraction of sp³-hybridized carbons (Fsp3) is 0.417. The average molecular weight is 259 g/mol. The van der Waals surface area contributed by atoms with Crippen LogP contribution in [0.5, 0.6) is 5.75 Å². The molecule has 2 unspecified atom stereocenters. The van der Waals surface area contributed by atoms with E-state index in [1.165, 1.54) is 12.1 Å². The molecule has 1 saturated carbocycles. The smallest absolute Gasteiger partial charge is 0.310 e. The van der Waals surface area contributed by atoms with E-state index in [9.17, 15) is 9.18 Å². The largest absolute Gasteiger partial charge is 0.488 e. The monoisotopic (exact) mass is 258 g/mol. The van der Waals surface area contributed by atoms with Crippen LogP contribution in [-0.4, -0.2) is 17.2 Å². The molecule has 1 N–H and O–H groups in total. The Hall–Kier alpha value is -1.29. The number of benzene rings is 1. The SMILES string of the molecule is O=C(O)C1CCCC1Oc1ccc(F)cc1Cl. The Morgan fingerprint density at radius 3 is 2.88 bits per heavy atom. The maximum atomic E-state index is 12.8. The van der Waals surface area contributed by atoms with Crippen LogP contribution in [0.4, 0.5) is 4.39 Å². The van der Waals surface area contributed by atoms with Crippen molar-refractivity contribution in [1.29, 1.82) is 0 Å². The summed E-state index contributed by atoms with van der Waals surface area (Å²) in [5.74, 6) is -1.46. The number of rotatable bonds is 3. The number of ether oxygens (including phenoxy) is 1. The zero-order valence-corrected chi connectivity index (χ0v) is 9.78. The molecule has 0 radical (unpaired) electrons. The minimum atomic E-state index is -0.856. The molecule has 0 amide bonds. The van der Waals surface area contributed by atoms with Gasteiger partial charge in [0.25, 0.3) is 0 Å². The molecule has 1 aliphatic carbocycles. The summed E-state index contributed by atoms with van der Waals surface area (Å²) in [5, 5.41) is 9.17. The van der Waals surface area contributed by atoms with Gasteiger partial charge in [-0.1, -0.05) is 11.6 Å². The van der Waals surface area contributed by atoms with Gasteiger partial charge >= 0.3 is 5.97 Å². The molecule has 0 bridgehead atoms. The van der Waals surface area contributed by atoms with E-state index >= 15 is 0 Å². The predicted molar refractivity (Wildman–Crippen MR) is 60.8 cm³/mol. The van der Waals surface area contributed by atoms with Crippen LogP contribution in [0.15, 0.2) is 18.2 Å². The molecule has 5 heteroatoms. The van der Waals surface area contributed by atoms with Gasteiger partial charge in [-0.05, 0) is 37.5 Å². The molecule has 92 valence electrons. The van der Waals surface area contributed by atoms with Crippen molar-refractivity contribution < 1.29 is 19.0 Å². The molecule has 0 aliphatic heterocycles. The minimum absolute atomic E-state index is 0.168. The first-order valence-corrected chi connectivity index (χ1v) is 5.80. The van der Waals surface area contributed by atoms with Crippen molar-refractivity contribution in [2.75, 3.05) is 0 Å². The molecule has 1 fully saturated rings. The molecule has 17 heavy (non-hydrogen) atoms. The summed E-state index contributed by atoms with van der Waals surface area (Å²) >= 11 is 5.82. The van der Waals surface area contributed by atoms with E-state index in [0.29, 0.717) is 18.6 Å². The van der Waals surface area contributed by atoms with Gasteiger partial charge in [0, 0.05) is 0 Å². The standard InChI is InChI=1S/C12H12ClFO3/c13-9-6-7(14)4-5-11(9)17-10-3-1-2-8(10)12(15)16/h4-6,8,10H,1-3H2,(H,15,16). The first kappa shape index (κ1) is 12.2. The predicted octanol–water partition coefficient (Wildman–Crippen LogP) is 3.11. The maximum absolute atomic E-state index is 12.8. The van der Waals surface area contributed by atoms with Gasteiger partial charge in [0.2, 0.25) is 0 Å². The van der Waals surface area contributed by atoms with Gasteiger partial charge < -0.3 is 9.84 Å². The maximum Gasteiger partial charge on any atom is 0.310 e. The second kappa shape index (κ2) is 4.92. The quantitative estimate of drug-likeness (QED) is 0.906. The summed E-state index contributed by atoms with van der Waals surface area (Å²) in [6, 6.07) is 3.82. The Morgan fingerprint density at radius 2 is 2.24 bits per heavy atom. The highest BCUT2D eigenvalue weighted by Crippen LogP contribution is 2.33. The van der Waals surface area contributed by atoms with Crippen LogP contribution in [-0.2, 0) is 4.79 Å². The fourth-order valence-corrected chi connectivity index (χ4v) is 2.30. The lowest BCUT2D eigenvalue weighted by molar-refractivity contribution is -0.144. The van der Waals surface area contributed by atoms with Gasteiger partial charge in [0.05, 0.1) is 10.9 Å². The zero-order chi connectivity index (χ0) is 12.4. The topological polar surface area (TPSA) is 46.5 Å². The first-order chi connectivity index (χ1) is 8.08. The minimum Gasteiger partial charge on any atom is -0.488 e. The van der Waals surface area contributed by atoms with Crippen molar-refractivity contribution in [1.82, 2.24) is 0 Å². The van der Waals surface area contributed by atoms with Crippen LogP contribution in [0.3, 0.4) is 0 Å². The van der Waals surface area contributed by atoms with Gasteiger partial charge in [-0.25, -0.2) is 4.39 Å². The summed E-state index contributed by atoms with van der Waals surface area (Å²) in [6.07, 6.45) is 1.74. The lowest BCUT2D eigenvalue weighted by Gasteiger charge is -2.18. The molecule has 1 aliphatic rings. The summed E-state index contributed by atoms with van der Waals surface area (Å²) in [4.78, 5) is 11.0. The molecule has 3 nitrogen and oxygen atoms in total. The van der Waals surface area contributed by atoms with Crippen molar-refractivity contribution in [3.8, 4) is 5.75 Å². The molecule has 2 atom stereocenters. The molecule has 0 aromatic heterocycles. The number of halogens is 2. The van der Waals surface area contributed by atoms with Crippen molar-refractivity contribution in [3.63, 3.8) is 0 Å². The average Bonchev–Trinajstić information content (AvgIpc) is 2.70. The highest BCUT2D eigenvalue weighted by Gasteiger charge is 2.34. The Morgan fingerprint density at radius 1 is 1.47 bits per heavy atom. The Balaban J connectivity index is 2.12. The molecule has 0 spiro atoms. The highest BCUT2D eigenvalue weighted by atomic mass is 35.5. The van der Waals surface area contributed by atoms with Gasteiger partial charge in [0.15, 0.2) is 0 Å².